The minimum Gasteiger partial charge on any atom is -0.489 e. The monoisotopic (exact) mass is 485 g/mol. The topological polar surface area (TPSA) is 104 Å². The standard InChI is InChI=1S/C26H35N3O6/c1-17(2)34-25(30)18-7-6-10-20(13-18)35-21-11-12-22(27-14-21)24-23(33-16-28-24)15-32-26(31)29(3)19-8-4-5-9-19/h11-12,14,16-20H,4-10,13,15H2,1-3H3/t18-,20-/m0/s1. The largest absolute Gasteiger partial charge is 0.489 e. The van der Waals surface area contributed by atoms with E-state index in [-0.39, 0.29) is 42.8 Å². The molecule has 0 aliphatic heterocycles. The molecule has 0 saturated heterocycles. The Morgan fingerprint density at radius 3 is 2.63 bits per heavy atom. The van der Waals surface area contributed by atoms with Crippen molar-refractivity contribution in [1.29, 1.82) is 0 Å². The number of ether oxygens (including phenoxy) is 3. The molecule has 2 saturated carbocycles. The van der Waals surface area contributed by atoms with Crippen molar-refractivity contribution >= 4 is 12.1 Å². The number of hydrogen-bond donors (Lipinski definition) is 0. The highest BCUT2D eigenvalue weighted by atomic mass is 16.6. The van der Waals surface area contributed by atoms with Gasteiger partial charge in [0.25, 0.3) is 0 Å². The van der Waals surface area contributed by atoms with Crippen molar-refractivity contribution in [1.82, 2.24) is 14.9 Å². The minimum atomic E-state index is -0.362. The van der Waals surface area contributed by atoms with Gasteiger partial charge in [-0.25, -0.2) is 9.78 Å². The van der Waals surface area contributed by atoms with Crippen molar-refractivity contribution in [3.63, 3.8) is 0 Å². The van der Waals surface area contributed by atoms with Gasteiger partial charge in [0.2, 0.25) is 0 Å². The Morgan fingerprint density at radius 1 is 1.11 bits per heavy atom. The Balaban J connectivity index is 1.32. The molecule has 2 aromatic rings. The van der Waals surface area contributed by atoms with Crippen LogP contribution in [0.1, 0.15) is 71.0 Å². The third-order valence-corrected chi connectivity index (χ3v) is 6.72. The van der Waals surface area contributed by atoms with E-state index in [0.29, 0.717) is 29.3 Å². The molecular formula is C26H35N3O6. The van der Waals surface area contributed by atoms with Crippen LogP contribution in [0, 0.1) is 5.92 Å². The molecule has 0 spiro atoms. The van der Waals surface area contributed by atoms with Crippen LogP contribution in [0.25, 0.3) is 11.4 Å². The van der Waals surface area contributed by atoms with Gasteiger partial charge in [-0.1, -0.05) is 12.8 Å². The van der Waals surface area contributed by atoms with Crippen LogP contribution in [-0.2, 0) is 20.9 Å². The first kappa shape index (κ1) is 25.0. The molecular weight excluding hydrogens is 450 g/mol. The van der Waals surface area contributed by atoms with Crippen molar-refractivity contribution in [2.24, 2.45) is 5.92 Å². The zero-order valence-corrected chi connectivity index (χ0v) is 20.8. The quantitative estimate of drug-likeness (QED) is 0.474. The van der Waals surface area contributed by atoms with Crippen LogP contribution < -0.4 is 4.74 Å². The molecule has 190 valence electrons. The summed E-state index contributed by atoms with van der Waals surface area (Å²) in [5.74, 6) is 0.802. The summed E-state index contributed by atoms with van der Waals surface area (Å²) in [6.07, 6.45) is 10.0. The summed E-state index contributed by atoms with van der Waals surface area (Å²) in [7, 11) is 1.78. The van der Waals surface area contributed by atoms with Crippen LogP contribution in [0.5, 0.6) is 5.75 Å². The Kier molecular flexibility index (Phi) is 8.25. The van der Waals surface area contributed by atoms with E-state index in [0.717, 1.165) is 44.9 Å². The zero-order chi connectivity index (χ0) is 24.8. The third-order valence-electron chi connectivity index (χ3n) is 6.72. The van der Waals surface area contributed by atoms with Gasteiger partial charge in [0.05, 0.1) is 30.0 Å². The van der Waals surface area contributed by atoms with Crippen LogP contribution in [-0.4, -0.2) is 52.2 Å². The van der Waals surface area contributed by atoms with Gasteiger partial charge >= 0.3 is 12.1 Å². The maximum absolute atomic E-state index is 12.4. The number of oxazole rings is 1. The van der Waals surface area contributed by atoms with Gasteiger partial charge in [-0.15, -0.1) is 0 Å². The van der Waals surface area contributed by atoms with E-state index < -0.39 is 0 Å². The lowest BCUT2D eigenvalue weighted by atomic mass is 9.87. The molecule has 0 bridgehead atoms. The molecule has 2 heterocycles. The fourth-order valence-electron chi connectivity index (χ4n) is 4.83. The highest BCUT2D eigenvalue weighted by molar-refractivity contribution is 5.72. The van der Waals surface area contributed by atoms with E-state index in [1.165, 1.54) is 6.39 Å². The number of hydrogen-bond acceptors (Lipinski definition) is 8. The number of pyridine rings is 1. The van der Waals surface area contributed by atoms with E-state index in [2.05, 4.69) is 9.97 Å². The molecule has 35 heavy (non-hydrogen) atoms. The summed E-state index contributed by atoms with van der Waals surface area (Å²) in [4.78, 5) is 35.1. The third kappa shape index (κ3) is 6.52. The van der Waals surface area contributed by atoms with Gasteiger partial charge in [-0.3, -0.25) is 9.78 Å². The van der Waals surface area contributed by atoms with Crippen LogP contribution >= 0.6 is 0 Å². The molecule has 1 amide bonds. The number of carbonyl (C=O) groups is 2. The Morgan fingerprint density at radius 2 is 1.91 bits per heavy atom. The molecule has 0 radical (unpaired) electrons. The van der Waals surface area contributed by atoms with E-state index in [1.807, 2.05) is 19.9 Å². The summed E-state index contributed by atoms with van der Waals surface area (Å²) in [6.45, 7) is 3.71. The lowest BCUT2D eigenvalue weighted by molar-refractivity contribution is -0.154. The summed E-state index contributed by atoms with van der Waals surface area (Å²) < 4.78 is 22.4. The second-order valence-electron chi connectivity index (χ2n) is 9.70. The zero-order valence-electron chi connectivity index (χ0n) is 20.8. The number of rotatable bonds is 8. The van der Waals surface area contributed by atoms with Crippen molar-refractivity contribution in [3.05, 3.63) is 30.5 Å². The van der Waals surface area contributed by atoms with Gasteiger partial charge in [0.15, 0.2) is 18.8 Å². The minimum absolute atomic E-state index is 0.0128. The van der Waals surface area contributed by atoms with Crippen molar-refractivity contribution in [2.75, 3.05) is 7.05 Å². The Bertz CT molecular complexity index is 983. The molecule has 0 aromatic carbocycles. The van der Waals surface area contributed by atoms with Crippen LogP contribution in [0.15, 0.2) is 29.1 Å². The Labute approximate surface area is 206 Å². The molecule has 4 rings (SSSR count). The predicted octanol–water partition coefficient (Wildman–Crippen LogP) is 5.14. The SMILES string of the molecule is CC(C)OC(=O)[C@H]1CCC[C@H](Oc2ccc(-c3ncoc3COC(=O)N(C)C3CCCC3)nc2)C1. The van der Waals surface area contributed by atoms with E-state index in [4.69, 9.17) is 18.6 Å². The molecule has 2 atom stereocenters. The van der Waals surface area contributed by atoms with E-state index >= 15 is 0 Å². The van der Waals surface area contributed by atoms with Crippen LogP contribution in [0.3, 0.4) is 0 Å². The van der Waals surface area contributed by atoms with E-state index in [9.17, 15) is 9.59 Å². The Hall–Kier alpha value is -3.10. The predicted molar refractivity (Wildman–Crippen MR) is 128 cm³/mol. The lowest BCUT2D eigenvalue weighted by Crippen LogP contribution is -2.35. The van der Waals surface area contributed by atoms with Crippen LogP contribution in [0.2, 0.25) is 0 Å². The maximum atomic E-state index is 12.4. The number of amides is 1. The number of carbonyl (C=O) groups excluding carboxylic acids is 2. The summed E-state index contributed by atoms with van der Waals surface area (Å²) in [6, 6.07) is 3.87. The van der Waals surface area contributed by atoms with Gasteiger partial charge < -0.3 is 23.5 Å². The van der Waals surface area contributed by atoms with Gasteiger partial charge in [-0.05, 0) is 64.5 Å². The van der Waals surface area contributed by atoms with Crippen molar-refractivity contribution < 1.29 is 28.2 Å². The van der Waals surface area contributed by atoms with Crippen molar-refractivity contribution in [2.45, 2.75) is 90.1 Å². The molecule has 2 aromatic heterocycles. The fraction of sp³-hybridized carbons (Fsp3) is 0.615. The van der Waals surface area contributed by atoms with Crippen molar-refractivity contribution in [3.8, 4) is 17.1 Å². The molecule has 2 aliphatic rings. The average Bonchev–Trinajstić information content (AvgIpc) is 3.55. The molecule has 9 heteroatoms. The highest BCUT2D eigenvalue weighted by Crippen LogP contribution is 2.30. The van der Waals surface area contributed by atoms with Gasteiger partial charge in [0, 0.05) is 13.1 Å². The summed E-state index contributed by atoms with van der Waals surface area (Å²) in [5, 5.41) is 0. The second-order valence-corrected chi connectivity index (χ2v) is 9.70. The first-order valence-electron chi connectivity index (χ1n) is 12.6. The number of nitrogens with zero attached hydrogens (tertiary/aromatic N) is 3. The molecule has 2 fully saturated rings. The van der Waals surface area contributed by atoms with Gasteiger partial charge in [0.1, 0.15) is 11.4 Å². The number of aromatic nitrogens is 2. The summed E-state index contributed by atoms with van der Waals surface area (Å²) in [5.41, 5.74) is 1.13. The van der Waals surface area contributed by atoms with Crippen LogP contribution in [0.4, 0.5) is 4.79 Å². The number of esters is 1. The molecule has 0 unspecified atom stereocenters. The molecule has 0 N–H and O–H groups in total. The normalized spacial score (nSPS) is 20.6. The van der Waals surface area contributed by atoms with E-state index in [1.54, 1.807) is 24.2 Å². The first-order chi connectivity index (χ1) is 16.9. The smallest absolute Gasteiger partial charge is 0.410 e. The average molecular weight is 486 g/mol. The highest BCUT2D eigenvalue weighted by Gasteiger charge is 2.30. The first-order valence-corrected chi connectivity index (χ1v) is 12.6. The lowest BCUT2D eigenvalue weighted by Gasteiger charge is -2.28. The fourth-order valence-corrected chi connectivity index (χ4v) is 4.83. The second kappa shape index (κ2) is 11.6. The van der Waals surface area contributed by atoms with Gasteiger partial charge in [-0.2, -0.15) is 0 Å². The molecule has 2 aliphatic carbocycles. The maximum Gasteiger partial charge on any atom is 0.410 e. The molecule has 9 nitrogen and oxygen atoms in total. The summed E-state index contributed by atoms with van der Waals surface area (Å²) >= 11 is 0.